The minimum Gasteiger partial charge on any atom is -0.466 e. The summed E-state index contributed by atoms with van der Waals surface area (Å²) in [6, 6.07) is 34.8. The third-order valence-electron chi connectivity index (χ3n) is 7.87. The Labute approximate surface area is 206 Å². The maximum atomic E-state index is 6.82. The molecule has 174 valence electrons. The molecular formula is C31H29N3O. The highest BCUT2D eigenvalue weighted by Crippen LogP contribution is 2.50. The molecule has 1 atom stereocenters. The lowest BCUT2D eigenvalue weighted by Crippen LogP contribution is -2.59. The van der Waals surface area contributed by atoms with Gasteiger partial charge in [0.25, 0.3) is 0 Å². The van der Waals surface area contributed by atoms with E-state index >= 15 is 0 Å². The van der Waals surface area contributed by atoms with Gasteiger partial charge in [0.05, 0.1) is 11.8 Å². The molecule has 4 aromatic rings. The van der Waals surface area contributed by atoms with Gasteiger partial charge in [0.15, 0.2) is 0 Å². The number of hydrogen-bond acceptors (Lipinski definition) is 4. The van der Waals surface area contributed by atoms with Gasteiger partial charge in [0.1, 0.15) is 5.75 Å². The Balaban J connectivity index is 1.21. The first-order valence-electron chi connectivity index (χ1n) is 12.7. The van der Waals surface area contributed by atoms with Crippen LogP contribution in [-0.4, -0.2) is 34.4 Å². The minimum atomic E-state index is -0.384. The van der Waals surface area contributed by atoms with Crippen LogP contribution in [0.2, 0.25) is 0 Å². The Hall–Kier alpha value is -3.63. The topological polar surface area (TPSA) is 28.1 Å². The summed E-state index contributed by atoms with van der Waals surface area (Å²) in [5, 5.41) is 10.1. The maximum absolute atomic E-state index is 6.82. The molecule has 0 aliphatic carbocycles. The molecule has 1 fully saturated rings. The van der Waals surface area contributed by atoms with Crippen molar-refractivity contribution in [2.45, 2.75) is 37.6 Å². The maximum Gasteiger partial charge on any atom is 0.200 e. The van der Waals surface area contributed by atoms with E-state index in [0.717, 1.165) is 50.4 Å². The van der Waals surface area contributed by atoms with Crippen molar-refractivity contribution in [3.63, 3.8) is 0 Å². The molecule has 35 heavy (non-hydrogen) atoms. The molecule has 3 heterocycles. The van der Waals surface area contributed by atoms with Gasteiger partial charge in [0.2, 0.25) is 5.72 Å². The van der Waals surface area contributed by atoms with Crippen LogP contribution in [-0.2, 0) is 6.54 Å². The number of rotatable bonds is 3. The van der Waals surface area contributed by atoms with Crippen molar-refractivity contribution in [2.75, 3.05) is 13.1 Å². The Morgan fingerprint density at radius 2 is 1.54 bits per heavy atom. The standard InChI is InChI=1S/C31H29N3O/c1-2-8-23(9-3-1)22-33-18-16-31(17-19-33)34-29(27-12-6-7-13-30(27)35-31)21-28(32-34)26-15-14-24-10-4-5-11-25(24)20-26/h1-15,20,29H,16-19,21-22H2. The minimum absolute atomic E-state index is 0.224. The van der Waals surface area contributed by atoms with E-state index in [9.17, 15) is 0 Å². The molecule has 4 heteroatoms. The van der Waals surface area contributed by atoms with E-state index in [1.54, 1.807) is 0 Å². The van der Waals surface area contributed by atoms with Crippen LogP contribution in [0.25, 0.3) is 10.8 Å². The number of para-hydroxylation sites is 1. The predicted octanol–water partition coefficient (Wildman–Crippen LogP) is 6.38. The normalized spacial score (nSPS) is 20.9. The summed E-state index contributed by atoms with van der Waals surface area (Å²) in [6.45, 7) is 2.99. The molecule has 0 N–H and O–H groups in total. The van der Waals surface area contributed by atoms with Gasteiger partial charge in [-0.2, -0.15) is 5.10 Å². The Bertz CT molecular complexity index is 1410. The van der Waals surface area contributed by atoms with E-state index in [0.29, 0.717) is 0 Å². The summed E-state index contributed by atoms with van der Waals surface area (Å²) < 4.78 is 6.82. The lowest BCUT2D eigenvalue weighted by Gasteiger charge is -2.51. The number of hydrogen-bond donors (Lipinski definition) is 0. The molecule has 0 saturated carbocycles. The van der Waals surface area contributed by atoms with Gasteiger partial charge < -0.3 is 4.74 Å². The van der Waals surface area contributed by atoms with Gasteiger partial charge in [-0.15, -0.1) is 0 Å². The SMILES string of the molecule is c1ccc(CN2CCC3(CC2)Oc2ccccc2C2CC(c4ccc5ccccc5c4)=NN23)cc1. The molecule has 0 amide bonds. The van der Waals surface area contributed by atoms with Crippen molar-refractivity contribution >= 4 is 16.5 Å². The van der Waals surface area contributed by atoms with Crippen molar-refractivity contribution in [1.82, 2.24) is 9.91 Å². The molecule has 0 bridgehead atoms. The number of hydrazone groups is 1. The monoisotopic (exact) mass is 459 g/mol. The zero-order chi connectivity index (χ0) is 23.2. The van der Waals surface area contributed by atoms with E-state index in [2.05, 4.69) is 107 Å². The van der Waals surface area contributed by atoms with Crippen LogP contribution in [0.1, 0.15) is 42.0 Å². The molecule has 1 spiro atoms. The molecule has 1 saturated heterocycles. The van der Waals surface area contributed by atoms with Crippen LogP contribution in [0.4, 0.5) is 0 Å². The fraction of sp³-hybridized carbons (Fsp3) is 0.258. The third kappa shape index (κ3) is 3.60. The average molecular weight is 460 g/mol. The molecule has 1 unspecified atom stereocenters. The first-order valence-corrected chi connectivity index (χ1v) is 12.7. The largest absolute Gasteiger partial charge is 0.466 e. The molecule has 0 radical (unpaired) electrons. The molecule has 0 aromatic heterocycles. The van der Waals surface area contributed by atoms with E-state index in [1.165, 1.54) is 27.5 Å². The Kier molecular flexibility index (Phi) is 4.88. The van der Waals surface area contributed by atoms with Gasteiger partial charge in [-0.05, 0) is 34.0 Å². The van der Waals surface area contributed by atoms with Crippen LogP contribution < -0.4 is 4.74 Å². The quantitative estimate of drug-likeness (QED) is 0.356. The molecule has 4 nitrogen and oxygen atoms in total. The van der Waals surface area contributed by atoms with Crippen LogP contribution in [0.3, 0.4) is 0 Å². The number of piperidine rings is 1. The van der Waals surface area contributed by atoms with Gasteiger partial charge in [-0.25, -0.2) is 5.01 Å². The fourth-order valence-corrected chi connectivity index (χ4v) is 6.00. The smallest absolute Gasteiger partial charge is 0.200 e. The van der Waals surface area contributed by atoms with Crippen LogP contribution in [0, 0.1) is 0 Å². The summed E-state index contributed by atoms with van der Waals surface area (Å²) >= 11 is 0. The first kappa shape index (κ1) is 20.7. The summed E-state index contributed by atoms with van der Waals surface area (Å²) in [5.41, 5.74) is 4.61. The van der Waals surface area contributed by atoms with Crippen molar-refractivity contribution in [1.29, 1.82) is 0 Å². The highest BCUT2D eigenvalue weighted by atomic mass is 16.5. The van der Waals surface area contributed by atoms with Crippen molar-refractivity contribution in [3.05, 3.63) is 114 Å². The lowest BCUT2D eigenvalue weighted by atomic mass is 9.90. The number of likely N-dealkylation sites (tertiary alicyclic amines) is 1. The predicted molar refractivity (Wildman–Crippen MR) is 140 cm³/mol. The van der Waals surface area contributed by atoms with Gasteiger partial charge >= 0.3 is 0 Å². The van der Waals surface area contributed by atoms with Crippen molar-refractivity contribution < 1.29 is 4.74 Å². The van der Waals surface area contributed by atoms with Crippen molar-refractivity contribution in [2.24, 2.45) is 5.10 Å². The van der Waals surface area contributed by atoms with Crippen molar-refractivity contribution in [3.8, 4) is 5.75 Å². The molecular weight excluding hydrogens is 430 g/mol. The Morgan fingerprint density at radius 1 is 0.800 bits per heavy atom. The second-order valence-electron chi connectivity index (χ2n) is 10.0. The average Bonchev–Trinajstić information content (AvgIpc) is 3.38. The zero-order valence-corrected chi connectivity index (χ0v) is 19.8. The fourth-order valence-electron chi connectivity index (χ4n) is 6.00. The second kappa shape index (κ2) is 8.24. The molecule has 4 aromatic carbocycles. The first-order chi connectivity index (χ1) is 17.3. The number of ether oxygens (including phenoxy) is 1. The van der Waals surface area contributed by atoms with Gasteiger partial charge in [-0.1, -0.05) is 84.9 Å². The summed E-state index contributed by atoms with van der Waals surface area (Å²) in [4.78, 5) is 2.55. The van der Waals surface area contributed by atoms with Crippen LogP contribution >= 0.6 is 0 Å². The van der Waals surface area contributed by atoms with E-state index in [4.69, 9.17) is 9.84 Å². The molecule has 3 aliphatic rings. The molecule has 7 rings (SSSR count). The van der Waals surface area contributed by atoms with E-state index in [1.807, 2.05) is 0 Å². The van der Waals surface area contributed by atoms with E-state index in [-0.39, 0.29) is 11.8 Å². The van der Waals surface area contributed by atoms with Gasteiger partial charge in [-0.3, -0.25) is 4.90 Å². The molecule has 3 aliphatic heterocycles. The third-order valence-corrected chi connectivity index (χ3v) is 7.87. The number of fused-ring (bicyclic) bond motifs is 5. The Morgan fingerprint density at radius 3 is 2.40 bits per heavy atom. The summed E-state index contributed by atoms with van der Waals surface area (Å²) in [5.74, 6) is 1.03. The van der Waals surface area contributed by atoms with Crippen LogP contribution in [0.5, 0.6) is 5.75 Å². The summed E-state index contributed by atoms with van der Waals surface area (Å²) in [6.07, 6.45) is 2.80. The lowest BCUT2D eigenvalue weighted by molar-refractivity contribution is -0.150. The number of nitrogens with zero attached hydrogens (tertiary/aromatic N) is 3. The van der Waals surface area contributed by atoms with Gasteiger partial charge in [0, 0.05) is 44.5 Å². The summed E-state index contributed by atoms with van der Waals surface area (Å²) in [7, 11) is 0. The number of benzene rings is 4. The highest BCUT2D eigenvalue weighted by Gasteiger charge is 2.51. The highest BCUT2D eigenvalue weighted by molar-refractivity contribution is 6.04. The zero-order valence-electron chi connectivity index (χ0n) is 19.8. The second-order valence-corrected chi connectivity index (χ2v) is 10.0. The van der Waals surface area contributed by atoms with Crippen LogP contribution in [0.15, 0.2) is 102 Å². The van der Waals surface area contributed by atoms with E-state index < -0.39 is 0 Å².